The Balaban J connectivity index is 2.66. The van der Waals surface area contributed by atoms with E-state index in [9.17, 15) is 10.2 Å². The summed E-state index contributed by atoms with van der Waals surface area (Å²) in [4.78, 5) is 0. The number of allylic oxidation sites excluding steroid dienone is 1. The smallest absolute Gasteiger partial charge is 0.122 e. The minimum atomic E-state index is -0.772. The van der Waals surface area contributed by atoms with E-state index in [2.05, 4.69) is 0 Å². The van der Waals surface area contributed by atoms with Crippen molar-refractivity contribution < 1.29 is 10.2 Å². The number of aliphatic hydroxyl groups is 1. The van der Waals surface area contributed by atoms with Gasteiger partial charge in [0.15, 0.2) is 0 Å². The van der Waals surface area contributed by atoms with Crippen LogP contribution in [0.1, 0.15) is 25.5 Å². The normalized spacial score (nSPS) is 12.4. The van der Waals surface area contributed by atoms with Crippen molar-refractivity contribution in [1.82, 2.24) is 0 Å². The van der Waals surface area contributed by atoms with Gasteiger partial charge in [0.1, 0.15) is 11.9 Å². The number of fused-ring (bicyclic) bond motifs is 1. The summed E-state index contributed by atoms with van der Waals surface area (Å²) in [6, 6.07) is 11.2. The molecular weight excluding hydrogens is 212 g/mol. The Labute approximate surface area is 101 Å². The second-order valence-electron chi connectivity index (χ2n) is 4.41. The Bertz CT molecular complexity index is 566. The van der Waals surface area contributed by atoms with E-state index in [-0.39, 0.29) is 5.75 Å². The lowest BCUT2D eigenvalue weighted by molar-refractivity contribution is 0.224. The van der Waals surface area contributed by atoms with E-state index in [4.69, 9.17) is 0 Å². The number of aliphatic hydroxyl groups excluding tert-OH is 1. The summed E-state index contributed by atoms with van der Waals surface area (Å²) in [6.45, 7) is 3.84. The largest absolute Gasteiger partial charge is 0.508 e. The highest BCUT2D eigenvalue weighted by atomic mass is 16.3. The number of rotatable bonds is 2. The van der Waals surface area contributed by atoms with Gasteiger partial charge in [-0.2, -0.15) is 0 Å². The molecule has 2 aromatic carbocycles. The summed E-state index contributed by atoms with van der Waals surface area (Å²) in [5.74, 6) is 0.133. The third kappa shape index (κ3) is 2.32. The van der Waals surface area contributed by atoms with Crippen molar-refractivity contribution in [3.8, 4) is 5.75 Å². The van der Waals surface area contributed by atoms with Crippen molar-refractivity contribution in [3.63, 3.8) is 0 Å². The quantitative estimate of drug-likeness (QED) is 0.772. The molecule has 0 saturated carbocycles. The van der Waals surface area contributed by atoms with Crippen LogP contribution in [0.5, 0.6) is 5.75 Å². The van der Waals surface area contributed by atoms with Crippen LogP contribution in [0.25, 0.3) is 10.8 Å². The molecule has 0 saturated heterocycles. The van der Waals surface area contributed by atoms with Gasteiger partial charge in [0.05, 0.1) is 0 Å². The van der Waals surface area contributed by atoms with Crippen molar-refractivity contribution in [2.24, 2.45) is 0 Å². The van der Waals surface area contributed by atoms with Crippen molar-refractivity contribution in [3.05, 3.63) is 53.6 Å². The van der Waals surface area contributed by atoms with Crippen molar-refractivity contribution >= 4 is 10.8 Å². The van der Waals surface area contributed by atoms with Gasteiger partial charge in [-0.15, -0.1) is 0 Å². The lowest BCUT2D eigenvalue weighted by Gasteiger charge is -2.13. The van der Waals surface area contributed by atoms with Gasteiger partial charge in [-0.3, -0.25) is 0 Å². The standard InChI is InChI=1S/C15H16O2/c1-10(2)9-14(17)15-12-6-4-3-5-11(12)7-8-13(15)16/h3-9,14,16-17H,1-2H3. The van der Waals surface area contributed by atoms with Crippen molar-refractivity contribution in [2.45, 2.75) is 20.0 Å². The summed E-state index contributed by atoms with van der Waals surface area (Å²) in [5.41, 5.74) is 1.59. The van der Waals surface area contributed by atoms with E-state index in [0.29, 0.717) is 5.56 Å². The average Bonchev–Trinajstić information content (AvgIpc) is 2.27. The highest BCUT2D eigenvalue weighted by Gasteiger charge is 2.13. The van der Waals surface area contributed by atoms with Crippen LogP contribution in [-0.4, -0.2) is 10.2 Å². The zero-order chi connectivity index (χ0) is 12.4. The van der Waals surface area contributed by atoms with E-state index < -0.39 is 6.10 Å². The monoisotopic (exact) mass is 228 g/mol. The first-order valence-corrected chi connectivity index (χ1v) is 5.63. The molecule has 0 fully saturated rings. The van der Waals surface area contributed by atoms with Crippen LogP contribution in [0.2, 0.25) is 0 Å². The molecule has 88 valence electrons. The molecule has 0 radical (unpaired) electrons. The molecule has 1 atom stereocenters. The van der Waals surface area contributed by atoms with Crippen LogP contribution in [0, 0.1) is 0 Å². The lowest BCUT2D eigenvalue weighted by Crippen LogP contribution is -1.96. The van der Waals surface area contributed by atoms with Gasteiger partial charge in [0.2, 0.25) is 0 Å². The Morgan fingerprint density at radius 1 is 1.12 bits per heavy atom. The number of hydrogen-bond acceptors (Lipinski definition) is 2. The SMILES string of the molecule is CC(C)=CC(O)c1c(O)ccc2ccccc12. The van der Waals surface area contributed by atoms with Gasteiger partial charge < -0.3 is 10.2 Å². The molecule has 0 spiro atoms. The van der Waals surface area contributed by atoms with E-state index in [1.165, 1.54) is 0 Å². The van der Waals surface area contributed by atoms with Gasteiger partial charge >= 0.3 is 0 Å². The van der Waals surface area contributed by atoms with Crippen LogP contribution >= 0.6 is 0 Å². The third-order valence-electron chi connectivity index (χ3n) is 2.73. The molecule has 17 heavy (non-hydrogen) atoms. The summed E-state index contributed by atoms with van der Waals surface area (Å²) in [7, 11) is 0. The fraction of sp³-hybridized carbons (Fsp3) is 0.200. The molecule has 0 amide bonds. The fourth-order valence-electron chi connectivity index (χ4n) is 1.99. The molecule has 0 aliphatic rings. The second-order valence-corrected chi connectivity index (χ2v) is 4.41. The summed E-state index contributed by atoms with van der Waals surface area (Å²) in [6.07, 6.45) is 0.965. The van der Waals surface area contributed by atoms with Crippen LogP contribution in [-0.2, 0) is 0 Å². The fourth-order valence-corrected chi connectivity index (χ4v) is 1.99. The zero-order valence-electron chi connectivity index (χ0n) is 10.0. The highest BCUT2D eigenvalue weighted by Crippen LogP contribution is 2.33. The lowest BCUT2D eigenvalue weighted by atomic mass is 9.98. The highest BCUT2D eigenvalue weighted by molar-refractivity contribution is 5.88. The minimum Gasteiger partial charge on any atom is -0.508 e. The summed E-state index contributed by atoms with van der Waals surface area (Å²) >= 11 is 0. The number of aromatic hydroxyl groups is 1. The van der Waals surface area contributed by atoms with E-state index >= 15 is 0 Å². The Morgan fingerprint density at radius 3 is 2.53 bits per heavy atom. The van der Waals surface area contributed by atoms with E-state index in [1.54, 1.807) is 12.1 Å². The van der Waals surface area contributed by atoms with Gasteiger partial charge in [-0.1, -0.05) is 42.0 Å². The first-order valence-electron chi connectivity index (χ1n) is 5.63. The molecule has 0 aromatic heterocycles. The summed E-state index contributed by atoms with van der Waals surface area (Å²) in [5, 5.41) is 21.9. The average molecular weight is 228 g/mol. The van der Waals surface area contributed by atoms with Crippen LogP contribution in [0.3, 0.4) is 0 Å². The molecule has 2 nitrogen and oxygen atoms in total. The maximum atomic E-state index is 10.1. The number of phenolic OH excluding ortho intramolecular Hbond substituents is 1. The predicted molar refractivity (Wildman–Crippen MR) is 70.0 cm³/mol. The van der Waals surface area contributed by atoms with Gasteiger partial charge in [-0.25, -0.2) is 0 Å². The molecule has 0 heterocycles. The van der Waals surface area contributed by atoms with E-state index in [1.807, 2.05) is 44.2 Å². The zero-order valence-corrected chi connectivity index (χ0v) is 10.0. The molecule has 0 bridgehead atoms. The van der Waals surface area contributed by atoms with Crippen LogP contribution in [0.15, 0.2) is 48.0 Å². The van der Waals surface area contributed by atoms with Crippen LogP contribution < -0.4 is 0 Å². The first-order chi connectivity index (χ1) is 8.09. The topological polar surface area (TPSA) is 40.5 Å². The maximum absolute atomic E-state index is 10.1. The Morgan fingerprint density at radius 2 is 1.82 bits per heavy atom. The van der Waals surface area contributed by atoms with Crippen molar-refractivity contribution in [1.29, 1.82) is 0 Å². The Hall–Kier alpha value is -1.80. The molecule has 2 heteroatoms. The second kappa shape index (κ2) is 4.60. The number of hydrogen-bond donors (Lipinski definition) is 2. The van der Waals surface area contributed by atoms with E-state index in [0.717, 1.165) is 16.3 Å². The third-order valence-corrected chi connectivity index (χ3v) is 2.73. The number of benzene rings is 2. The van der Waals surface area contributed by atoms with Crippen LogP contribution in [0.4, 0.5) is 0 Å². The van der Waals surface area contributed by atoms with Gasteiger partial charge in [-0.05, 0) is 30.7 Å². The molecule has 0 aliphatic carbocycles. The van der Waals surface area contributed by atoms with Gasteiger partial charge in [0.25, 0.3) is 0 Å². The molecule has 2 rings (SSSR count). The molecule has 0 aliphatic heterocycles. The summed E-state index contributed by atoms with van der Waals surface area (Å²) < 4.78 is 0. The molecular formula is C15H16O2. The molecule has 2 aromatic rings. The predicted octanol–water partition coefficient (Wildman–Crippen LogP) is 3.55. The minimum absolute atomic E-state index is 0.133. The Kier molecular flexibility index (Phi) is 3.16. The molecule has 2 N–H and O–H groups in total. The maximum Gasteiger partial charge on any atom is 0.122 e. The number of phenols is 1. The van der Waals surface area contributed by atoms with Gasteiger partial charge in [0, 0.05) is 5.56 Å². The van der Waals surface area contributed by atoms with Crippen molar-refractivity contribution in [2.75, 3.05) is 0 Å². The molecule has 1 unspecified atom stereocenters. The first kappa shape index (κ1) is 11.7.